The lowest BCUT2D eigenvalue weighted by Crippen LogP contribution is -2.19. The minimum absolute atomic E-state index is 0.00727. The molecule has 3 heterocycles. The lowest BCUT2D eigenvalue weighted by Gasteiger charge is -2.20. The Balaban J connectivity index is 1.59. The summed E-state index contributed by atoms with van der Waals surface area (Å²) in [6.07, 6.45) is 3.96. The number of unbranched alkanes of at least 4 members (excludes halogenated alkanes) is 1. The average molecular weight is 491 g/mol. The summed E-state index contributed by atoms with van der Waals surface area (Å²) in [5, 5.41) is 19.0. The Hall–Kier alpha value is -3.50. The Morgan fingerprint density at radius 3 is 2.33 bits per heavy atom. The van der Waals surface area contributed by atoms with Crippen molar-refractivity contribution in [1.82, 2.24) is 40.4 Å². The van der Waals surface area contributed by atoms with Gasteiger partial charge >= 0.3 is 0 Å². The molecule has 36 heavy (non-hydrogen) atoms. The van der Waals surface area contributed by atoms with Crippen LogP contribution in [0, 0.1) is 0 Å². The predicted octanol–water partition coefficient (Wildman–Crippen LogP) is 4.76. The number of rotatable bonds is 12. The lowest BCUT2D eigenvalue weighted by molar-refractivity contribution is -0.189. The molecule has 4 rings (SSSR count). The van der Waals surface area contributed by atoms with Crippen molar-refractivity contribution in [2.45, 2.75) is 78.9 Å². The van der Waals surface area contributed by atoms with Gasteiger partial charge in [0.15, 0.2) is 5.82 Å². The quantitative estimate of drug-likeness (QED) is 0.283. The van der Waals surface area contributed by atoms with Crippen LogP contribution in [-0.4, -0.2) is 52.6 Å². The Morgan fingerprint density at radius 1 is 0.972 bits per heavy atom. The molecule has 0 aliphatic carbocycles. The molecule has 0 amide bonds. The molecule has 0 fully saturated rings. The van der Waals surface area contributed by atoms with Gasteiger partial charge < -0.3 is 9.47 Å². The van der Waals surface area contributed by atoms with Crippen molar-refractivity contribution in [2.24, 2.45) is 0 Å². The third-order valence-electron chi connectivity index (χ3n) is 5.48. The monoisotopic (exact) mass is 490 g/mol. The first kappa shape index (κ1) is 25.6. The fourth-order valence-corrected chi connectivity index (χ4v) is 3.82. The van der Waals surface area contributed by atoms with Crippen LogP contribution in [0.25, 0.3) is 22.6 Å². The average Bonchev–Trinajstić information content (AvgIpc) is 3.53. The number of nitrogens with zero attached hydrogens (tertiary/aromatic N) is 7. The first-order valence-corrected chi connectivity index (χ1v) is 12.5. The number of hydrogen-bond acceptors (Lipinski definition) is 8. The second kappa shape index (κ2) is 12.0. The Bertz CT molecular complexity index is 1210. The highest BCUT2D eigenvalue weighted by molar-refractivity contribution is 5.78. The number of nitrogens with one attached hydrogen (secondary N) is 1. The second-order valence-corrected chi connectivity index (χ2v) is 9.19. The second-order valence-electron chi connectivity index (χ2n) is 9.19. The molecule has 10 heteroatoms. The zero-order chi connectivity index (χ0) is 25.5. The topological polar surface area (TPSA) is 117 Å². The van der Waals surface area contributed by atoms with Crippen LogP contribution in [0.4, 0.5) is 0 Å². The van der Waals surface area contributed by atoms with E-state index in [1.165, 1.54) is 0 Å². The Labute approximate surface area is 211 Å². The van der Waals surface area contributed by atoms with E-state index >= 15 is 0 Å². The van der Waals surface area contributed by atoms with Gasteiger partial charge in [-0.2, -0.15) is 5.10 Å². The standard InChI is InChI=1S/C26H34N8O2/c1-6-7-14-34-23(28-25(31-34)26(35-17(2)3)36-18(4)5)15-19-12-13-22(27-16-19)20-10-8-9-11-21(20)24-29-32-33-30-24/h8-13,16-18,26H,6-7,14-15H2,1-5H3,(H,29,30,32,33). The molecule has 0 saturated carbocycles. The molecule has 10 nitrogen and oxygen atoms in total. The highest BCUT2D eigenvalue weighted by atomic mass is 16.7. The number of aromatic nitrogens is 8. The Kier molecular flexibility index (Phi) is 8.50. The van der Waals surface area contributed by atoms with E-state index < -0.39 is 6.29 Å². The molecule has 0 spiro atoms. The fourth-order valence-electron chi connectivity index (χ4n) is 3.82. The Morgan fingerprint density at radius 2 is 1.72 bits per heavy atom. The van der Waals surface area contributed by atoms with Crippen LogP contribution in [0.5, 0.6) is 0 Å². The van der Waals surface area contributed by atoms with Crippen molar-refractivity contribution in [3.05, 3.63) is 59.8 Å². The zero-order valence-corrected chi connectivity index (χ0v) is 21.5. The summed E-state index contributed by atoms with van der Waals surface area (Å²) >= 11 is 0. The maximum absolute atomic E-state index is 5.99. The molecule has 4 aromatic rings. The van der Waals surface area contributed by atoms with Crippen molar-refractivity contribution in [3.8, 4) is 22.6 Å². The molecule has 1 aromatic carbocycles. The summed E-state index contributed by atoms with van der Waals surface area (Å²) < 4.78 is 13.9. The van der Waals surface area contributed by atoms with E-state index in [-0.39, 0.29) is 12.2 Å². The van der Waals surface area contributed by atoms with Crippen LogP contribution in [-0.2, 0) is 22.4 Å². The van der Waals surface area contributed by atoms with Gasteiger partial charge in [0.1, 0.15) is 5.82 Å². The summed E-state index contributed by atoms with van der Waals surface area (Å²) in [4.78, 5) is 9.58. The molecular formula is C26H34N8O2. The molecule has 0 bridgehead atoms. The van der Waals surface area contributed by atoms with Crippen molar-refractivity contribution in [1.29, 1.82) is 0 Å². The maximum atomic E-state index is 5.99. The van der Waals surface area contributed by atoms with Crippen LogP contribution < -0.4 is 0 Å². The molecular weight excluding hydrogens is 456 g/mol. The van der Waals surface area contributed by atoms with Gasteiger partial charge in [-0.05, 0) is 56.2 Å². The van der Waals surface area contributed by atoms with E-state index in [9.17, 15) is 0 Å². The van der Waals surface area contributed by atoms with Crippen molar-refractivity contribution in [2.75, 3.05) is 0 Å². The number of tetrazole rings is 1. The predicted molar refractivity (Wildman–Crippen MR) is 136 cm³/mol. The largest absolute Gasteiger partial charge is 0.343 e. The number of ether oxygens (including phenoxy) is 2. The van der Waals surface area contributed by atoms with E-state index in [2.05, 4.69) is 33.6 Å². The van der Waals surface area contributed by atoms with Crippen molar-refractivity contribution < 1.29 is 9.47 Å². The first-order valence-electron chi connectivity index (χ1n) is 12.5. The van der Waals surface area contributed by atoms with Gasteiger partial charge in [0.25, 0.3) is 0 Å². The molecule has 3 aromatic heterocycles. The molecule has 0 saturated heterocycles. The maximum Gasteiger partial charge on any atom is 0.221 e. The highest BCUT2D eigenvalue weighted by Gasteiger charge is 2.23. The van der Waals surface area contributed by atoms with Crippen LogP contribution in [0.2, 0.25) is 0 Å². The third-order valence-corrected chi connectivity index (χ3v) is 5.48. The highest BCUT2D eigenvalue weighted by Crippen LogP contribution is 2.28. The number of aryl methyl sites for hydroxylation is 1. The van der Waals surface area contributed by atoms with Gasteiger partial charge in [0.05, 0.1) is 17.9 Å². The molecule has 0 unspecified atom stereocenters. The summed E-state index contributed by atoms with van der Waals surface area (Å²) in [5.74, 6) is 2.03. The minimum atomic E-state index is -0.603. The lowest BCUT2D eigenvalue weighted by atomic mass is 10.0. The van der Waals surface area contributed by atoms with Gasteiger partial charge in [-0.25, -0.2) is 14.8 Å². The summed E-state index contributed by atoms with van der Waals surface area (Å²) in [5.41, 5.74) is 3.73. The zero-order valence-electron chi connectivity index (χ0n) is 21.5. The van der Waals surface area contributed by atoms with E-state index in [4.69, 9.17) is 24.5 Å². The SMILES string of the molecule is CCCCn1nc(C(OC(C)C)OC(C)C)nc1Cc1ccc(-c2ccccc2-c2nnn[nH]2)nc1. The number of aromatic amines is 1. The van der Waals surface area contributed by atoms with Crippen LogP contribution in [0.1, 0.15) is 71.0 Å². The van der Waals surface area contributed by atoms with E-state index in [1.807, 2.05) is 68.9 Å². The summed E-state index contributed by atoms with van der Waals surface area (Å²) in [7, 11) is 0. The fraction of sp³-hybridized carbons (Fsp3) is 0.462. The number of H-pyrrole nitrogens is 1. The molecule has 0 aliphatic rings. The van der Waals surface area contributed by atoms with Gasteiger partial charge in [-0.1, -0.05) is 43.7 Å². The van der Waals surface area contributed by atoms with E-state index in [1.54, 1.807) is 0 Å². The van der Waals surface area contributed by atoms with Gasteiger partial charge in [0, 0.05) is 30.3 Å². The van der Waals surface area contributed by atoms with Crippen molar-refractivity contribution >= 4 is 0 Å². The smallest absolute Gasteiger partial charge is 0.221 e. The number of hydrogen-bond donors (Lipinski definition) is 1. The van der Waals surface area contributed by atoms with Crippen molar-refractivity contribution in [3.63, 3.8) is 0 Å². The summed E-state index contributed by atoms with van der Waals surface area (Å²) in [6.45, 7) is 10.9. The van der Waals surface area contributed by atoms with Crippen LogP contribution >= 0.6 is 0 Å². The van der Waals surface area contributed by atoms with Gasteiger partial charge in [0.2, 0.25) is 12.1 Å². The molecule has 0 atom stereocenters. The van der Waals surface area contributed by atoms with Crippen LogP contribution in [0.3, 0.4) is 0 Å². The number of pyridine rings is 1. The van der Waals surface area contributed by atoms with Crippen LogP contribution in [0.15, 0.2) is 42.6 Å². The van der Waals surface area contributed by atoms with E-state index in [0.29, 0.717) is 18.1 Å². The first-order chi connectivity index (χ1) is 17.4. The molecule has 1 N–H and O–H groups in total. The molecule has 190 valence electrons. The van der Waals surface area contributed by atoms with Gasteiger partial charge in [-0.3, -0.25) is 4.98 Å². The molecule has 0 radical (unpaired) electrons. The van der Waals surface area contributed by atoms with Gasteiger partial charge in [-0.15, -0.1) is 5.10 Å². The minimum Gasteiger partial charge on any atom is -0.343 e. The molecule has 0 aliphatic heterocycles. The third kappa shape index (κ3) is 6.38. The normalized spacial score (nSPS) is 11.8. The summed E-state index contributed by atoms with van der Waals surface area (Å²) in [6, 6.07) is 12.0. The number of benzene rings is 1. The van der Waals surface area contributed by atoms with E-state index in [0.717, 1.165) is 47.6 Å².